The van der Waals surface area contributed by atoms with Crippen LogP contribution >= 0.6 is 0 Å². The predicted molar refractivity (Wildman–Crippen MR) is 145 cm³/mol. The number of benzene rings is 3. The molecule has 1 aliphatic heterocycles. The van der Waals surface area contributed by atoms with E-state index in [4.69, 9.17) is 4.74 Å². The number of aromatic nitrogens is 2. The number of imidazole rings is 1. The summed E-state index contributed by atoms with van der Waals surface area (Å²) in [6, 6.07) is 19.6. The van der Waals surface area contributed by atoms with Gasteiger partial charge in [-0.2, -0.15) is 0 Å². The molecule has 1 N–H and O–H groups in total. The van der Waals surface area contributed by atoms with Crippen LogP contribution in [0, 0.1) is 26.6 Å². The van der Waals surface area contributed by atoms with E-state index >= 15 is 0 Å². The molecular formula is C30H37FN4O. The second kappa shape index (κ2) is 12.2. The lowest BCUT2D eigenvalue weighted by Gasteiger charge is -2.21. The summed E-state index contributed by atoms with van der Waals surface area (Å²) in [5.74, 6) is 1.54. The Morgan fingerprint density at radius 3 is 2.31 bits per heavy atom. The van der Waals surface area contributed by atoms with E-state index in [2.05, 4.69) is 64.8 Å². The van der Waals surface area contributed by atoms with Crippen LogP contribution in [0.2, 0.25) is 0 Å². The molecule has 2 heterocycles. The van der Waals surface area contributed by atoms with E-state index in [9.17, 15) is 4.39 Å². The van der Waals surface area contributed by atoms with E-state index in [1.165, 1.54) is 22.8 Å². The minimum atomic E-state index is -0.167. The van der Waals surface area contributed by atoms with Crippen molar-refractivity contribution in [3.63, 3.8) is 0 Å². The Morgan fingerprint density at radius 2 is 1.61 bits per heavy atom. The van der Waals surface area contributed by atoms with Crippen LogP contribution < -0.4 is 4.74 Å². The number of para-hydroxylation sites is 2. The maximum Gasteiger partial charge on any atom is 0.127 e. The topological polar surface area (TPSA) is 44.4 Å². The Hall–Kier alpha value is -3.22. The van der Waals surface area contributed by atoms with Gasteiger partial charge in [-0.05, 0) is 81.7 Å². The summed E-state index contributed by atoms with van der Waals surface area (Å²) in [6.07, 6.45) is 1.06. The minimum absolute atomic E-state index is 0.167. The van der Waals surface area contributed by atoms with Crippen molar-refractivity contribution in [2.75, 3.05) is 33.3 Å². The van der Waals surface area contributed by atoms with E-state index in [0.29, 0.717) is 17.9 Å². The third-order valence-corrected chi connectivity index (χ3v) is 6.80. The predicted octanol–water partition coefficient (Wildman–Crippen LogP) is 6.03. The lowest BCUT2D eigenvalue weighted by Crippen LogP contribution is -2.30. The molecule has 36 heavy (non-hydrogen) atoms. The lowest BCUT2D eigenvalue weighted by molar-refractivity contribution is 0.242. The number of aryl methyl sites for hydroxylation is 3. The Bertz CT molecular complexity index is 1250. The fourth-order valence-electron chi connectivity index (χ4n) is 4.56. The summed E-state index contributed by atoms with van der Waals surface area (Å²) < 4.78 is 19.4. The first kappa shape index (κ1) is 25.9. The molecular weight excluding hydrogens is 451 g/mol. The van der Waals surface area contributed by atoms with Crippen LogP contribution in [-0.4, -0.2) is 53.1 Å². The highest BCUT2D eigenvalue weighted by atomic mass is 19.1. The van der Waals surface area contributed by atoms with Crippen LogP contribution in [0.3, 0.4) is 0 Å². The van der Waals surface area contributed by atoms with Crippen LogP contribution in [0.1, 0.15) is 34.5 Å². The van der Waals surface area contributed by atoms with Crippen molar-refractivity contribution >= 4 is 11.0 Å². The first-order valence-corrected chi connectivity index (χ1v) is 12.7. The average Bonchev–Trinajstić information content (AvgIpc) is 3.15. The molecule has 1 fully saturated rings. The van der Waals surface area contributed by atoms with E-state index in [1.54, 1.807) is 19.2 Å². The van der Waals surface area contributed by atoms with Crippen LogP contribution in [-0.2, 0) is 13.1 Å². The normalized spacial score (nSPS) is 14.8. The molecule has 0 saturated carbocycles. The van der Waals surface area contributed by atoms with Crippen molar-refractivity contribution in [2.45, 2.75) is 40.3 Å². The van der Waals surface area contributed by atoms with Gasteiger partial charge in [-0.1, -0.05) is 35.9 Å². The van der Waals surface area contributed by atoms with Gasteiger partial charge in [0.05, 0.1) is 24.7 Å². The SMILES string of the molecule is COc1ccc(F)c(CN2CCCN(Cc3nc4ccccc4[nH]3)CC2)c1.Cc1ccc(C)c(C)c1. The molecule has 190 valence electrons. The summed E-state index contributed by atoms with van der Waals surface area (Å²) >= 11 is 0. The summed E-state index contributed by atoms with van der Waals surface area (Å²) in [7, 11) is 1.61. The van der Waals surface area contributed by atoms with Crippen LogP contribution in [0.5, 0.6) is 5.75 Å². The number of fused-ring (bicyclic) bond motifs is 1. The number of nitrogens with one attached hydrogen (secondary N) is 1. The second-order valence-electron chi connectivity index (χ2n) is 9.65. The van der Waals surface area contributed by atoms with Crippen LogP contribution in [0.4, 0.5) is 4.39 Å². The minimum Gasteiger partial charge on any atom is -0.497 e. The third kappa shape index (κ3) is 6.93. The number of ether oxygens (including phenoxy) is 1. The monoisotopic (exact) mass is 488 g/mol. The van der Waals surface area contributed by atoms with Gasteiger partial charge in [-0.3, -0.25) is 9.80 Å². The zero-order valence-electron chi connectivity index (χ0n) is 21.9. The van der Waals surface area contributed by atoms with Crippen molar-refractivity contribution in [1.82, 2.24) is 19.8 Å². The first-order valence-electron chi connectivity index (χ1n) is 12.7. The molecule has 1 aromatic heterocycles. The number of hydrogen-bond acceptors (Lipinski definition) is 4. The Balaban J connectivity index is 0.000000286. The molecule has 1 saturated heterocycles. The summed E-state index contributed by atoms with van der Waals surface area (Å²) in [5.41, 5.74) is 6.89. The highest BCUT2D eigenvalue weighted by Crippen LogP contribution is 2.19. The Morgan fingerprint density at radius 1 is 0.861 bits per heavy atom. The van der Waals surface area contributed by atoms with Gasteiger partial charge >= 0.3 is 0 Å². The standard InChI is InChI=1S/C21H25FN4O.C9H12/c1-27-17-7-8-18(22)16(13-17)14-25-9-4-10-26(12-11-25)15-21-23-19-5-2-3-6-20(19)24-21;1-7-4-5-8(2)9(3)6-7/h2-3,5-8,13H,4,9-12,14-15H2,1H3,(H,23,24);4-6H,1-3H3. The average molecular weight is 489 g/mol. The van der Waals surface area contributed by atoms with Gasteiger partial charge < -0.3 is 9.72 Å². The first-order chi connectivity index (χ1) is 17.4. The summed E-state index contributed by atoms with van der Waals surface area (Å²) in [5, 5.41) is 0. The van der Waals surface area contributed by atoms with E-state index in [1.807, 2.05) is 18.2 Å². The van der Waals surface area contributed by atoms with Gasteiger partial charge in [0.1, 0.15) is 17.4 Å². The molecule has 4 aromatic rings. The van der Waals surface area contributed by atoms with Gasteiger partial charge in [0.15, 0.2) is 0 Å². The molecule has 3 aromatic carbocycles. The van der Waals surface area contributed by atoms with Crippen LogP contribution in [0.25, 0.3) is 11.0 Å². The largest absolute Gasteiger partial charge is 0.497 e. The van der Waals surface area contributed by atoms with Gasteiger partial charge in [-0.15, -0.1) is 0 Å². The number of halogens is 1. The van der Waals surface area contributed by atoms with E-state index in [0.717, 1.165) is 56.0 Å². The van der Waals surface area contributed by atoms with Crippen molar-refractivity contribution in [2.24, 2.45) is 0 Å². The number of methoxy groups -OCH3 is 1. The van der Waals surface area contributed by atoms with Crippen molar-refractivity contribution in [3.8, 4) is 5.75 Å². The maximum absolute atomic E-state index is 14.1. The number of hydrogen-bond donors (Lipinski definition) is 1. The number of rotatable bonds is 5. The maximum atomic E-state index is 14.1. The molecule has 0 atom stereocenters. The highest BCUT2D eigenvalue weighted by molar-refractivity contribution is 5.74. The molecule has 0 bridgehead atoms. The molecule has 6 heteroatoms. The van der Waals surface area contributed by atoms with Crippen LogP contribution in [0.15, 0.2) is 60.7 Å². The van der Waals surface area contributed by atoms with Crippen molar-refractivity contribution in [3.05, 3.63) is 94.6 Å². The van der Waals surface area contributed by atoms with Gasteiger partial charge in [0.25, 0.3) is 0 Å². The Kier molecular flexibility index (Phi) is 8.73. The molecule has 0 radical (unpaired) electrons. The number of nitrogens with zero attached hydrogens (tertiary/aromatic N) is 3. The fourth-order valence-corrected chi connectivity index (χ4v) is 4.56. The third-order valence-electron chi connectivity index (χ3n) is 6.80. The van der Waals surface area contributed by atoms with Gasteiger partial charge in [0.2, 0.25) is 0 Å². The smallest absolute Gasteiger partial charge is 0.127 e. The second-order valence-corrected chi connectivity index (χ2v) is 9.65. The molecule has 0 amide bonds. The summed E-state index contributed by atoms with van der Waals surface area (Å²) in [4.78, 5) is 12.8. The van der Waals surface area contributed by atoms with Gasteiger partial charge in [-0.25, -0.2) is 9.37 Å². The molecule has 5 nitrogen and oxygen atoms in total. The zero-order chi connectivity index (χ0) is 25.5. The number of aromatic amines is 1. The van der Waals surface area contributed by atoms with E-state index in [-0.39, 0.29) is 5.82 Å². The molecule has 5 rings (SSSR count). The molecule has 1 aliphatic rings. The molecule has 0 unspecified atom stereocenters. The fraction of sp³-hybridized carbons (Fsp3) is 0.367. The van der Waals surface area contributed by atoms with Crippen molar-refractivity contribution in [1.29, 1.82) is 0 Å². The molecule has 0 spiro atoms. The number of H-pyrrole nitrogens is 1. The van der Waals surface area contributed by atoms with Crippen molar-refractivity contribution < 1.29 is 9.13 Å². The Labute approximate surface area is 213 Å². The lowest BCUT2D eigenvalue weighted by atomic mass is 10.1. The zero-order valence-corrected chi connectivity index (χ0v) is 21.9. The quantitative estimate of drug-likeness (QED) is 0.373. The summed E-state index contributed by atoms with van der Waals surface area (Å²) in [6.45, 7) is 11.7. The highest BCUT2D eigenvalue weighted by Gasteiger charge is 2.18. The molecule has 0 aliphatic carbocycles. The van der Waals surface area contributed by atoms with E-state index < -0.39 is 0 Å². The van der Waals surface area contributed by atoms with Gasteiger partial charge in [0, 0.05) is 25.2 Å².